The first kappa shape index (κ1) is 17.4. The van der Waals surface area contributed by atoms with Crippen molar-refractivity contribution in [3.63, 3.8) is 0 Å². The predicted octanol–water partition coefficient (Wildman–Crippen LogP) is -2.03. The van der Waals surface area contributed by atoms with Crippen molar-refractivity contribution in [1.82, 2.24) is 14.0 Å². The Morgan fingerprint density at radius 1 is 1.30 bits per heavy atom. The van der Waals surface area contributed by atoms with E-state index in [1.54, 1.807) is 11.9 Å². The Labute approximate surface area is 133 Å². The molecule has 0 radical (unpaired) electrons. The van der Waals surface area contributed by atoms with E-state index in [1.807, 2.05) is 0 Å². The quantitative estimate of drug-likeness (QED) is 0.624. The van der Waals surface area contributed by atoms with E-state index >= 15 is 0 Å². The Kier molecular flexibility index (Phi) is 4.49. The number of aromatic nitrogens is 2. The molecule has 1 aliphatic rings. The van der Waals surface area contributed by atoms with Crippen molar-refractivity contribution < 1.29 is 13.2 Å². The van der Waals surface area contributed by atoms with Crippen LogP contribution in [0.1, 0.15) is 16.8 Å². The van der Waals surface area contributed by atoms with E-state index in [4.69, 9.17) is 5.73 Å². The molecule has 2 N–H and O–H groups in total. The van der Waals surface area contributed by atoms with Crippen LogP contribution < -0.4 is 17.0 Å². The molecule has 1 fully saturated rings. The third-order valence-electron chi connectivity index (χ3n) is 4.21. The lowest BCUT2D eigenvalue weighted by Gasteiger charge is -2.22. The molecular weight excluding hydrogens is 324 g/mol. The van der Waals surface area contributed by atoms with Gasteiger partial charge in [0.15, 0.2) is 15.6 Å². The van der Waals surface area contributed by atoms with Gasteiger partial charge in [-0.2, -0.15) is 0 Å². The van der Waals surface area contributed by atoms with Gasteiger partial charge in [-0.3, -0.25) is 23.6 Å². The van der Waals surface area contributed by atoms with E-state index in [0.717, 1.165) is 9.13 Å². The number of hydrogen-bond acceptors (Lipinski definition) is 7. The van der Waals surface area contributed by atoms with Crippen molar-refractivity contribution in [2.24, 2.45) is 14.1 Å². The van der Waals surface area contributed by atoms with Crippen LogP contribution in [0.25, 0.3) is 0 Å². The number of anilines is 1. The highest BCUT2D eigenvalue weighted by Crippen LogP contribution is 2.17. The fourth-order valence-corrected chi connectivity index (χ4v) is 4.48. The Hall–Kier alpha value is -1.94. The molecule has 0 bridgehead atoms. The maximum absolute atomic E-state index is 12.4. The number of sulfone groups is 1. The topological polar surface area (TPSA) is 124 Å². The first-order valence-corrected chi connectivity index (χ1v) is 8.86. The molecule has 0 spiro atoms. The van der Waals surface area contributed by atoms with E-state index in [-0.39, 0.29) is 35.5 Å². The number of nitrogens with zero attached hydrogens (tertiary/aromatic N) is 3. The SMILES string of the molecule is CN(CC(=O)c1c(N)n(C)c(=O)n(C)c1=O)[C@@H]1CCS(=O)(=O)C1. The van der Waals surface area contributed by atoms with Gasteiger partial charge in [-0.15, -0.1) is 0 Å². The molecule has 1 atom stereocenters. The number of ketones is 1. The van der Waals surface area contributed by atoms with Gasteiger partial charge in [0.2, 0.25) is 0 Å². The second kappa shape index (κ2) is 5.93. The highest BCUT2D eigenvalue weighted by Gasteiger charge is 2.32. The molecule has 10 heteroatoms. The van der Waals surface area contributed by atoms with Gasteiger partial charge in [0.25, 0.3) is 5.56 Å². The second-order valence-corrected chi connectivity index (χ2v) is 8.09. The zero-order chi connectivity index (χ0) is 17.5. The van der Waals surface area contributed by atoms with Crippen LogP contribution in [0.4, 0.5) is 5.82 Å². The lowest BCUT2D eigenvalue weighted by Crippen LogP contribution is -2.44. The maximum Gasteiger partial charge on any atom is 0.332 e. The average Bonchev–Trinajstić information content (AvgIpc) is 2.83. The number of nitrogen functional groups attached to an aromatic ring is 1. The van der Waals surface area contributed by atoms with Crippen LogP contribution >= 0.6 is 0 Å². The fraction of sp³-hybridized carbons (Fsp3) is 0.615. The molecule has 1 aromatic rings. The lowest BCUT2D eigenvalue weighted by molar-refractivity contribution is 0.0924. The summed E-state index contributed by atoms with van der Waals surface area (Å²) < 4.78 is 24.9. The summed E-state index contributed by atoms with van der Waals surface area (Å²) in [6, 6.07) is -0.262. The zero-order valence-electron chi connectivity index (χ0n) is 13.3. The lowest BCUT2D eigenvalue weighted by atomic mass is 10.1. The Morgan fingerprint density at radius 2 is 1.91 bits per heavy atom. The molecule has 9 nitrogen and oxygen atoms in total. The van der Waals surface area contributed by atoms with Crippen molar-refractivity contribution >= 4 is 21.4 Å². The van der Waals surface area contributed by atoms with Crippen LogP contribution in [0.5, 0.6) is 0 Å². The van der Waals surface area contributed by atoms with Gasteiger partial charge < -0.3 is 5.73 Å². The van der Waals surface area contributed by atoms with Crippen LogP contribution in [0, 0.1) is 0 Å². The molecule has 0 amide bonds. The Bertz CT molecular complexity index is 868. The normalized spacial score (nSPS) is 20.1. The van der Waals surface area contributed by atoms with Gasteiger partial charge in [0.1, 0.15) is 11.4 Å². The molecule has 2 rings (SSSR count). The van der Waals surface area contributed by atoms with Gasteiger partial charge in [-0.25, -0.2) is 13.2 Å². The monoisotopic (exact) mass is 344 g/mol. The molecule has 2 heterocycles. The summed E-state index contributed by atoms with van der Waals surface area (Å²) in [5.74, 6) is -0.627. The molecule has 0 aromatic carbocycles. The minimum atomic E-state index is -3.07. The average molecular weight is 344 g/mol. The van der Waals surface area contributed by atoms with Crippen molar-refractivity contribution in [2.45, 2.75) is 12.5 Å². The standard InChI is InChI=1S/C13H20N4O5S/c1-15(8-4-5-23(21,22)7-8)6-9(18)10-11(14)16(2)13(20)17(3)12(10)19/h8H,4-7,14H2,1-3H3/t8-/m1/s1. The number of carbonyl (C=O) groups excluding carboxylic acids is 1. The molecule has 1 aromatic heterocycles. The Morgan fingerprint density at radius 3 is 2.43 bits per heavy atom. The third-order valence-corrected chi connectivity index (χ3v) is 5.96. The molecule has 0 unspecified atom stereocenters. The molecule has 1 saturated heterocycles. The third kappa shape index (κ3) is 3.22. The predicted molar refractivity (Wildman–Crippen MR) is 85.4 cm³/mol. The molecular formula is C13H20N4O5S. The first-order chi connectivity index (χ1) is 10.5. The summed E-state index contributed by atoms with van der Waals surface area (Å²) in [7, 11) is 1.21. The van der Waals surface area contributed by atoms with E-state index in [0.29, 0.717) is 6.42 Å². The summed E-state index contributed by atoms with van der Waals surface area (Å²) in [6.45, 7) is -0.141. The number of nitrogens with two attached hydrogens (primary N) is 1. The minimum absolute atomic E-state index is 0.00243. The van der Waals surface area contributed by atoms with Crippen LogP contribution in [-0.4, -0.2) is 59.4 Å². The minimum Gasteiger partial charge on any atom is -0.384 e. The smallest absolute Gasteiger partial charge is 0.332 e. The summed E-state index contributed by atoms with van der Waals surface area (Å²) in [5, 5.41) is 0. The van der Waals surface area contributed by atoms with Crippen molar-refractivity contribution in [2.75, 3.05) is 30.8 Å². The Balaban J connectivity index is 2.29. The number of hydrogen-bond donors (Lipinski definition) is 1. The van der Waals surface area contributed by atoms with Crippen molar-refractivity contribution in [3.05, 3.63) is 26.4 Å². The largest absolute Gasteiger partial charge is 0.384 e. The zero-order valence-corrected chi connectivity index (χ0v) is 14.1. The highest BCUT2D eigenvalue weighted by molar-refractivity contribution is 7.91. The van der Waals surface area contributed by atoms with E-state index in [1.165, 1.54) is 14.1 Å². The van der Waals surface area contributed by atoms with Gasteiger partial charge in [-0.05, 0) is 13.5 Å². The summed E-state index contributed by atoms with van der Waals surface area (Å²) in [4.78, 5) is 37.9. The van der Waals surface area contributed by atoms with Crippen LogP contribution in [0.3, 0.4) is 0 Å². The van der Waals surface area contributed by atoms with Gasteiger partial charge >= 0.3 is 5.69 Å². The summed E-state index contributed by atoms with van der Waals surface area (Å²) in [6.07, 6.45) is 0.451. The number of likely N-dealkylation sites (N-methyl/N-ethyl adjacent to an activating group) is 1. The van der Waals surface area contributed by atoms with E-state index in [2.05, 4.69) is 0 Å². The highest BCUT2D eigenvalue weighted by atomic mass is 32.2. The number of rotatable bonds is 4. The van der Waals surface area contributed by atoms with E-state index in [9.17, 15) is 22.8 Å². The maximum atomic E-state index is 12.4. The second-order valence-electron chi connectivity index (χ2n) is 5.86. The number of carbonyl (C=O) groups is 1. The summed E-state index contributed by atoms with van der Waals surface area (Å²) >= 11 is 0. The molecule has 0 aliphatic carbocycles. The molecule has 23 heavy (non-hydrogen) atoms. The summed E-state index contributed by atoms with van der Waals surface area (Å²) in [5.41, 5.74) is 4.13. The van der Waals surface area contributed by atoms with Crippen LogP contribution in [-0.2, 0) is 23.9 Å². The van der Waals surface area contributed by atoms with E-state index < -0.39 is 26.9 Å². The first-order valence-electron chi connectivity index (χ1n) is 7.04. The molecule has 128 valence electrons. The molecule has 1 aliphatic heterocycles. The number of Topliss-reactive ketones (excluding diaryl/α,β-unsaturated/α-hetero) is 1. The molecule has 0 saturated carbocycles. The van der Waals surface area contributed by atoms with Crippen molar-refractivity contribution in [1.29, 1.82) is 0 Å². The van der Waals surface area contributed by atoms with Crippen LogP contribution in [0.15, 0.2) is 9.59 Å². The van der Waals surface area contributed by atoms with Crippen LogP contribution in [0.2, 0.25) is 0 Å². The fourth-order valence-electron chi connectivity index (χ4n) is 2.68. The van der Waals surface area contributed by atoms with Gasteiger partial charge in [0, 0.05) is 20.1 Å². The van der Waals surface area contributed by atoms with Crippen molar-refractivity contribution in [3.8, 4) is 0 Å². The van der Waals surface area contributed by atoms with Gasteiger partial charge in [-0.1, -0.05) is 0 Å². The van der Waals surface area contributed by atoms with Gasteiger partial charge in [0.05, 0.1) is 18.1 Å².